The lowest BCUT2D eigenvalue weighted by Crippen LogP contribution is -2.54. The number of nitrogens with zero attached hydrogens (tertiary/aromatic N) is 4. The number of halogens is 1. The van der Waals surface area contributed by atoms with Crippen molar-refractivity contribution in [2.24, 2.45) is 0 Å². The highest BCUT2D eigenvalue weighted by Gasteiger charge is 2.44. The zero-order valence-corrected chi connectivity index (χ0v) is 33.9. The minimum absolute atomic E-state index is 0.0316. The number of thiazole rings is 1. The van der Waals surface area contributed by atoms with E-state index in [4.69, 9.17) is 9.72 Å². The molecule has 3 saturated heterocycles. The molecular weight excluding hydrogens is 762 g/mol. The van der Waals surface area contributed by atoms with Gasteiger partial charge in [0.2, 0.25) is 17.7 Å². The standard InChI is InChI=1S/C43H54FN7O6S/c1-28-36-25-38(52)46-32(7-5-6-18-45-41(55)29-10-12-31(44)13-11-29)24-40(54)49-21-16-34(17-22-49)51-26-33(47-39(53)27-57-35-8-3-2-4-9-35)23-37(51)43(56)50-19-14-30(15-20-50)42(48-36)58-28/h2-4,8-13,30,32-34,37H,5-7,14-27H2,1H3,(H,45,55)(H,46,52)(H,47,53)/t32-,33-,37-/m0/s1. The summed E-state index contributed by atoms with van der Waals surface area (Å²) in [6.45, 7) is 5.13. The van der Waals surface area contributed by atoms with Crippen LogP contribution in [0.15, 0.2) is 54.6 Å². The van der Waals surface area contributed by atoms with E-state index in [9.17, 15) is 28.4 Å². The minimum atomic E-state index is -0.405. The second-order valence-corrected chi connectivity index (χ2v) is 17.2. The molecule has 0 spiro atoms. The van der Waals surface area contributed by atoms with Crippen molar-refractivity contribution in [1.29, 1.82) is 0 Å². The van der Waals surface area contributed by atoms with Crippen molar-refractivity contribution in [1.82, 2.24) is 35.6 Å². The second-order valence-electron chi connectivity index (χ2n) is 16.0. The normalized spacial score (nSPS) is 24.3. The van der Waals surface area contributed by atoms with Crippen molar-refractivity contribution in [3.8, 4) is 5.75 Å². The molecule has 310 valence electrons. The molecule has 6 bridgehead atoms. The summed E-state index contributed by atoms with van der Waals surface area (Å²) in [6.07, 6.45) is 5.64. The van der Waals surface area contributed by atoms with Crippen molar-refractivity contribution in [3.05, 3.63) is 81.6 Å². The van der Waals surface area contributed by atoms with Crippen LogP contribution in [0.4, 0.5) is 4.39 Å². The molecule has 6 aliphatic heterocycles. The van der Waals surface area contributed by atoms with Gasteiger partial charge in [0.1, 0.15) is 11.6 Å². The van der Waals surface area contributed by atoms with Gasteiger partial charge in [-0.1, -0.05) is 18.2 Å². The fourth-order valence-corrected chi connectivity index (χ4v) is 9.86. The number of aryl methyl sites for hydroxylation is 1. The molecule has 3 atom stereocenters. The van der Waals surface area contributed by atoms with E-state index in [0.29, 0.717) is 89.1 Å². The summed E-state index contributed by atoms with van der Waals surface area (Å²) >= 11 is 1.61. The zero-order valence-electron chi connectivity index (χ0n) is 33.1. The second kappa shape index (κ2) is 19.2. The summed E-state index contributed by atoms with van der Waals surface area (Å²) in [4.78, 5) is 79.2. The average Bonchev–Trinajstić information content (AvgIpc) is 3.82. The summed E-state index contributed by atoms with van der Waals surface area (Å²) in [5.41, 5.74) is 1.12. The molecule has 1 aromatic heterocycles. The number of hydrogen-bond donors (Lipinski definition) is 3. The third-order valence-electron chi connectivity index (χ3n) is 11.9. The SMILES string of the molecule is Cc1sc2nc1CC(=O)N[C@@H](CCCCNC(=O)c1ccc(F)cc1)CC(=O)N1CCC(CC1)N1C[C@@H](NC(=O)COc3ccccc3)C[C@H]1C(=O)N1CCC2CC1. The van der Waals surface area contributed by atoms with Crippen LogP contribution in [0, 0.1) is 12.7 Å². The summed E-state index contributed by atoms with van der Waals surface area (Å²) < 4.78 is 19.0. The number of piperidine rings is 2. The fraction of sp³-hybridized carbons (Fsp3) is 0.535. The number of aromatic nitrogens is 1. The maximum atomic E-state index is 14.3. The molecule has 6 aliphatic rings. The first-order chi connectivity index (χ1) is 28.1. The Hall–Kier alpha value is -4.89. The van der Waals surface area contributed by atoms with E-state index in [0.717, 1.165) is 28.4 Å². The molecule has 15 heteroatoms. The number of ether oxygens (including phenoxy) is 1. The van der Waals surface area contributed by atoms with E-state index in [1.54, 1.807) is 23.5 Å². The highest BCUT2D eigenvalue weighted by Crippen LogP contribution is 2.35. The molecule has 58 heavy (non-hydrogen) atoms. The number of carbonyl (C=O) groups is 5. The minimum Gasteiger partial charge on any atom is -0.484 e. The number of rotatable bonds is 10. The Labute approximate surface area is 343 Å². The summed E-state index contributed by atoms with van der Waals surface area (Å²) in [5, 5.41) is 10.1. The molecule has 3 aromatic rings. The quantitative estimate of drug-likeness (QED) is 0.260. The van der Waals surface area contributed by atoms with Crippen LogP contribution in [0.25, 0.3) is 0 Å². The Morgan fingerprint density at radius 3 is 2.41 bits per heavy atom. The molecule has 0 unspecified atom stereocenters. The molecule has 3 N–H and O–H groups in total. The maximum absolute atomic E-state index is 14.3. The average molecular weight is 816 g/mol. The van der Waals surface area contributed by atoms with E-state index in [2.05, 4.69) is 20.9 Å². The Morgan fingerprint density at radius 2 is 1.67 bits per heavy atom. The fourth-order valence-electron chi connectivity index (χ4n) is 8.76. The Bertz CT molecular complexity index is 1910. The van der Waals surface area contributed by atoms with Gasteiger partial charge in [-0.25, -0.2) is 9.37 Å². The third-order valence-corrected chi connectivity index (χ3v) is 13.1. The highest BCUT2D eigenvalue weighted by molar-refractivity contribution is 7.11. The molecule has 7 heterocycles. The number of amides is 5. The van der Waals surface area contributed by atoms with E-state index in [1.165, 1.54) is 24.3 Å². The molecule has 0 aliphatic carbocycles. The van der Waals surface area contributed by atoms with Crippen LogP contribution >= 0.6 is 11.3 Å². The number of fused-ring (bicyclic) bond motifs is 2. The van der Waals surface area contributed by atoms with Crippen LogP contribution in [-0.2, 0) is 25.6 Å². The van der Waals surface area contributed by atoms with Gasteiger partial charge in [-0.2, -0.15) is 0 Å². The number of benzene rings is 2. The van der Waals surface area contributed by atoms with Crippen molar-refractivity contribution >= 4 is 40.9 Å². The van der Waals surface area contributed by atoms with Gasteiger partial charge < -0.3 is 30.5 Å². The van der Waals surface area contributed by atoms with E-state index in [1.807, 2.05) is 34.9 Å². The lowest BCUT2D eigenvalue weighted by Gasteiger charge is -2.41. The van der Waals surface area contributed by atoms with Crippen LogP contribution in [-0.4, -0.2) is 119 Å². The monoisotopic (exact) mass is 815 g/mol. The van der Waals surface area contributed by atoms with Gasteiger partial charge in [-0.15, -0.1) is 11.3 Å². The molecule has 5 amide bonds. The Kier molecular flexibility index (Phi) is 13.7. The third kappa shape index (κ3) is 10.6. The van der Waals surface area contributed by atoms with Gasteiger partial charge in [0.25, 0.3) is 11.8 Å². The molecule has 0 radical (unpaired) electrons. The van der Waals surface area contributed by atoms with Crippen LogP contribution in [0.1, 0.15) is 89.6 Å². The molecule has 13 nitrogen and oxygen atoms in total. The zero-order chi connectivity index (χ0) is 40.6. The molecule has 9 rings (SSSR count). The largest absolute Gasteiger partial charge is 0.484 e. The summed E-state index contributed by atoms with van der Waals surface area (Å²) in [7, 11) is 0. The van der Waals surface area contributed by atoms with Crippen molar-refractivity contribution in [2.45, 2.75) is 101 Å². The van der Waals surface area contributed by atoms with Crippen molar-refractivity contribution < 1.29 is 33.1 Å². The van der Waals surface area contributed by atoms with Gasteiger partial charge >= 0.3 is 0 Å². The van der Waals surface area contributed by atoms with E-state index in [-0.39, 0.29) is 73.0 Å². The van der Waals surface area contributed by atoms with Crippen LogP contribution in [0.5, 0.6) is 5.75 Å². The molecule has 2 aromatic carbocycles. The van der Waals surface area contributed by atoms with E-state index < -0.39 is 11.9 Å². The van der Waals surface area contributed by atoms with E-state index >= 15 is 0 Å². The number of unbranched alkanes of at least 4 members (excludes halogenated alkanes) is 1. The van der Waals surface area contributed by atoms with Gasteiger partial charge in [0, 0.05) is 80.2 Å². The topological polar surface area (TPSA) is 153 Å². The predicted molar refractivity (Wildman–Crippen MR) is 217 cm³/mol. The van der Waals surface area contributed by atoms with Crippen LogP contribution in [0.3, 0.4) is 0 Å². The van der Waals surface area contributed by atoms with Gasteiger partial charge in [-0.3, -0.25) is 28.9 Å². The van der Waals surface area contributed by atoms with Gasteiger partial charge in [0.15, 0.2) is 6.61 Å². The number of hydrogen-bond acceptors (Lipinski definition) is 9. The van der Waals surface area contributed by atoms with Crippen LogP contribution in [0.2, 0.25) is 0 Å². The van der Waals surface area contributed by atoms with Gasteiger partial charge in [0.05, 0.1) is 23.2 Å². The Balaban J connectivity index is 1.02. The first kappa shape index (κ1) is 41.3. The summed E-state index contributed by atoms with van der Waals surface area (Å²) in [5.74, 6) is -0.212. The number of carbonyl (C=O) groups excluding carboxylic acids is 5. The lowest BCUT2D eigenvalue weighted by atomic mass is 9.96. The number of nitrogens with one attached hydrogen (secondary N) is 3. The predicted octanol–water partition coefficient (Wildman–Crippen LogP) is 3.96. The first-order valence-corrected chi connectivity index (χ1v) is 21.5. The summed E-state index contributed by atoms with van der Waals surface area (Å²) in [6, 6.07) is 13.7. The Morgan fingerprint density at radius 1 is 0.948 bits per heavy atom. The first-order valence-electron chi connectivity index (χ1n) is 20.7. The molecule has 3 fully saturated rings. The van der Waals surface area contributed by atoms with Crippen molar-refractivity contribution in [2.75, 3.05) is 45.9 Å². The molecule has 0 saturated carbocycles. The highest BCUT2D eigenvalue weighted by atomic mass is 32.1. The maximum Gasteiger partial charge on any atom is 0.258 e. The lowest BCUT2D eigenvalue weighted by molar-refractivity contribution is -0.139. The number of para-hydroxylation sites is 1. The molecular formula is C43H54FN7O6S. The smallest absolute Gasteiger partial charge is 0.258 e. The van der Waals surface area contributed by atoms with Gasteiger partial charge in [-0.05, 0) is 94.7 Å². The van der Waals surface area contributed by atoms with Crippen molar-refractivity contribution in [3.63, 3.8) is 0 Å². The van der Waals surface area contributed by atoms with Crippen LogP contribution < -0.4 is 20.7 Å².